The van der Waals surface area contributed by atoms with Crippen LogP contribution in [0.25, 0.3) is 0 Å². The van der Waals surface area contributed by atoms with Crippen molar-refractivity contribution in [1.29, 1.82) is 0 Å². The van der Waals surface area contributed by atoms with Gasteiger partial charge in [0.1, 0.15) is 24.2 Å². The summed E-state index contributed by atoms with van der Waals surface area (Å²) in [6, 6.07) is 11.1. The molecular formula is C31H45NO5. The molecule has 6 nitrogen and oxygen atoms in total. The summed E-state index contributed by atoms with van der Waals surface area (Å²) in [4.78, 5) is 12.8. The topological polar surface area (TPSA) is 79.2 Å². The number of rotatable bonds is 5. The number of hydroxylamine groups is 2. The zero-order valence-corrected chi connectivity index (χ0v) is 24.2. The second-order valence-corrected chi connectivity index (χ2v) is 13.7. The molecule has 2 aromatic rings. The molecule has 37 heavy (non-hydrogen) atoms. The van der Waals surface area contributed by atoms with Gasteiger partial charge >= 0.3 is 5.97 Å². The minimum Gasteiger partial charge on any atom is -0.507 e. The van der Waals surface area contributed by atoms with E-state index < -0.39 is 11.1 Å². The number of ether oxygens (including phenoxy) is 2. The molecule has 2 aromatic carbocycles. The SMILES string of the molecule is CC(C)(C)c1cc(OCc2ccc(C(=O)OC3CC(C)(C)N(O)C(C)(C)C3)cc2)cc(C(C)(C)C)c1O. The van der Waals surface area contributed by atoms with Gasteiger partial charge in [-0.2, -0.15) is 5.06 Å². The summed E-state index contributed by atoms with van der Waals surface area (Å²) in [5.74, 6) is 0.668. The number of esters is 1. The number of nitrogens with zero attached hydrogens (tertiary/aromatic N) is 1. The smallest absolute Gasteiger partial charge is 0.338 e. The number of phenols is 1. The summed E-state index contributed by atoms with van der Waals surface area (Å²) in [5, 5.41) is 22.8. The number of carbonyl (C=O) groups excluding carboxylic acids is 1. The summed E-state index contributed by atoms with van der Waals surface area (Å²) >= 11 is 0. The lowest BCUT2D eigenvalue weighted by Crippen LogP contribution is -2.60. The molecule has 0 amide bonds. The first-order valence-electron chi connectivity index (χ1n) is 13.1. The number of carbonyl (C=O) groups is 1. The van der Waals surface area contributed by atoms with Crippen LogP contribution in [0.1, 0.15) is 109 Å². The molecule has 0 spiro atoms. The van der Waals surface area contributed by atoms with E-state index in [1.54, 1.807) is 12.1 Å². The highest BCUT2D eigenvalue weighted by atomic mass is 16.5. The minimum absolute atomic E-state index is 0.232. The van der Waals surface area contributed by atoms with Crippen LogP contribution in [0.3, 0.4) is 0 Å². The first kappa shape index (κ1) is 29.0. The molecule has 1 aliphatic rings. The van der Waals surface area contributed by atoms with Crippen molar-refractivity contribution in [2.45, 2.75) is 117 Å². The molecule has 1 saturated heterocycles. The molecule has 2 N–H and O–H groups in total. The van der Waals surface area contributed by atoms with Gasteiger partial charge in [-0.05, 0) is 68.4 Å². The Balaban J connectivity index is 1.70. The van der Waals surface area contributed by atoms with Crippen molar-refractivity contribution < 1.29 is 24.6 Å². The molecule has 204 valence electrons. The van der Waals surface area contributed by atoms with Gasteiger partial charge in [0.2, 0.25) is 0 Å². The van der Waals surface area contributed by atoms with Crippen molar-refractivity contribution in [3.05, 3.63) is 58.7 Å². The van der Waals surface area contributed by atoms with Crippen molar-refractivity contribution in [2.75, 3.05) is 0 Å². The van der Waals surface area contributed by atoms with Crippen molar-refractivity contribution in [2.24, 2.45) is 0 Å². The zero-order valence-electron chi connectivity index (χ0n) is 24.2. The molecule has 1 aliphatic heterocycles. The van der Waals surface area contributed by atoms with Crippen molar-refractivity contribution in [1.82, 2.24) is 5.06 Å². The first-order chi connectivity index (χ1) is 16.8. The third-order valence-electron chi connectivity index (χ3n) is 7.17. The predicted molar refractivity (Wildman–Crippen MR) is 147 cm³/mol. The van der Waals surface area contributed by atoms with Gasteiger partial charge in [-0.3, -0.25) is 0 Å². The Hall–Kier alpha value is -2.57. The number of aromatic hydroxyl groups is 1. The van der Waals surface area contributed by atoms with Gasteiger partial charge in [-0.15, -0.1) is 0 Å². The molecular weight excluding hydrogens is 466 g/mol. The molecule has 0 bridgehead atoms. The Kier molecular flexibility index (Phi) is 7.80. The maximum Gasteiger partial charge on any atom is 0.338 e. The van der Waals surface area contributed by atoms with E-state index in [4.69, 9.17) is 9.47 Å². The van der Waals surface area contributed by atoms with Crippen LogP contribution in [0, 0.1) is 0 Å². The maximum atomic E-state index is 12.8. The monoisotopic (exact) mass is 511 g/mol. The quantitative estimate of drug-likeness (QED) is 0.416. The van der Waals surface area contributed by atoms with Crippen molar-refractivity contribution in [3.63, 3.8) is 0 Å². The van der Waals surface area contributed by atoms with Crippen LogP contribution in [0.5, 0.6) is 11.5 Å². The fourth-order valence-corrected chi connectivity index (χ4v) is 5.22. The van der Waals surface area contributed by atoms with Gasteiger partial charge in [0.05, 0.1) is 5.56 Å². The maximum absolute atomic E-state index is 12.8. The van der Waals surface area contributed by atoms with Crippen LogP contribution in [0.2, 0.25) is 0 Å². The van der Waals surface area contributed by atoms with Crippen LogP contribution in [-0.2, 0) is 22.2 Å². The molecule has 0 saturated carbocycles. The lowest BCUT2D eigenvalue weighted by molar-refractivity contribution is -0.256. The predicted octanol–water partition coefficient (Wildman–Crippen LogP) is 7.13. The van der Waals surface area contributed by atoms with E-state index in [1.165, 1.54) is 5.06 Å². The van der Waals surface area contributed by atoms with E-state index in [-0.39, 0.29) is 22.9 Å². The van der Waals surface area contributed by atoms with E-state index in [0.29, 0.717) is 36.5 Å². The highest BCUT2D eigenvalue weighted by Crippen LogP contribution is 2.42. The van der Waals surface area contributed by atoms with Crippen molar-refractivity contribution >= 4 is 5.97 Å². The molecule has 1 fully saturated rings. The van der Waals surface area contributed by atoms with Crippen LogP contribution < -0.4 is 4.74 Å². The average Bonchev–Trinajstić information content (AvgIpc) is 2.75. The lowest BCUT2D eigenvalue weighted by Gasteiger charge is -2.50. The molecule has 1 heterocycles. The Bertz CT molecular complexity index is 1070. The molecule has 6 heteroatoms. The van der Waals surface area contributed by atoms with E-state index >= 15 is 0 Å². The fraction of sp³-hybridized carbons (Fsp3) is 0.581. The van der Waals surface area contributed by atoms with E-state index in [9.17, 15) is 15.1 Å². The van der Waals surface area contributed by atoms with E-state index in [2.05, 4.69) is 41.5 Å². The minimum atomic E-state index is -0.484. The van der Waals surface area contributed by atoms with Gasteiger partial charge in [0.25, 0.3) is 0 Å². The Labute approximate surface area is 222 Å². The molecule has 3 rings (SSSR count). The number of piperidine rings is 1. The standard InChI is InChI=1S/C31H45NO5/c1-28(2,3)24-15-22(16-25(26(24)33)29(4,5)6)36-19-20-11-13-21(14-12-20)27(34)37-23-17-30(7,8)32(35)31(9,10)18-23/h11-16,23,33,35H,17-19H2,1-10H3. The number of hydrogen-bond donors (Lipinski definition) is 2. The normalized spacial score (nSPS) is 18.5. The van der Waals surface area contributed by atoms with Gasteiger partial charge in [0.15, 0.2) is 0 Å². The summed E-state index contributed by atoms with van der Waals surface area (Å²) in [6.45, 7) is 20.6. The Morgan fingerprint density at radius 3 is 1.81 bits per heavy atom. The number of phenolic OH excluding ortho intramolecular Hbond substituents is 1. The summed E-state index contributed by atoms with van der Waals surface area (Å²) in [7, 11) is 0. The van der Waals surface area contributed by atoms with Gasteiger partial charge in [-0.25, -0.2) is 4.79 Å². The fourth-order valence-electron chi connectivity index (χ4n) is 5.22. The van der Waals surface area contributed by atoms with Crippen LogP contribution in [0.15, 0.2) is 36.4 Å². The third kappa shape index (κ3) is 6.66. The largest absolute Gasteiger partial charge is 0.507 e. The number of benzene rings is 2. The van der Waals surface area contributed by atoms with Gasteiger partial charge in [0, 0.05) is 35.0 Å². The van der Waals surface area contributed by atoms with E-state index in [1.807, 2.05) is 52.0 Å². The Morgan fingerprint density at radius 2 is 1.38 bits per heavy atom. The van der Waals surface area contributed by atoms with Gasteiger partial charge in [-0.1, -0.05) is 53.7 Å². The first-order valence-corrected chi connectivity index (χ1v) is 13.1. The molecule has 0 radical (unpaired) electrons. The number of hydrogen-bond acceptors (Lipinski definition) is 6. The Morgan fingerprint density at radius 1 is 0.919 bits per heavy atom. The van der Waals surface area contributed by atoms with Crippen LogP contribution >= 0.6 is 0 Å². The third-order valence-corrected chi connectivity index (χ3v) is 7.17. The molecule has 0 unspecified atom stereocenters. The highest BCUT2D eigenvalue weighted by molar-refractivity contribution is 5.89. The highest BCUT2D eigenvalue weighted by Gasteiger charge is 2.46. The molecule has 0 aliphatic carbocycles. The zero-order chi connectivity index (χ0) is 28.0. The van der Waals surface area contributed by atoms with Crippen molar-refractivity contribution in [3.8, 4) is 11.5 Å². The van der Waals surface area contributed by atoms with Crippen LogP contribution in [0.4, 0.5) is 0 Å². The van der Waals surface area contributed by atoms with Gasteiger partial charge < -0.3 is 19.8 Å². The van der Waals surface area contributed by atoms with Crippen LogP contribution in [-0.4, -0.2) is 38.5 Å². The second kappa shape index (κ2) is 9.95. The molecule has 0 atom stereocenters. The average molecular weight is 512 g/mol. The summed E-state index contributed by atoms with van der Waals surface area (Å²) in [6.07, 6.45) is 0.849. The summed E-state index contributed by atoms with van der Waals surface area (Å²) in [5.41, 5.74) is 1.69. The second-order valence-electron chi connectivity index (χ2n) is 13.7. The van der Waals surface area contributed by atoms with E-state index in [0.717, 1.165) is 16.7 Å². The molecule has 0 aromatic heterocycles. The lowest BCUT2D eigenvalue weighted by atomic mass is 9.79. The summed E-state index contributed by atoms with van der Waals surface area (Å²) < 4.78 is 12.0.